The summed E-state index contributed by atoms with van der Waals surface area (Å²) in [5, 5.41) is 2.59. The van der Waals surface area contributed by atoms with Crippen molar-refractivity contribution in [2.24, 2.45) is 0 Å². The van der Waals surface area contributed by atoms with Gasteiger partial charge in [0.05, 0.1) is 19.1 Å². The van der Waals surface area contributed by atoms with Crippen LogP contribution in [-0.2, 0) is 20.7 Å². The maximum atomic E-state index is 15.4. The van der Waals surface area contributed by atoms with E-state index in [4.69, 9.17) is 4.74 Å². The van der Waals surface area contributed by atoms with Crippen molar-refractivity contribution >= 4 is 17.7 Å². The fourth-order valence-electron chi connectivity index (χ4n) is 4.51. The maximum Gasteiger partial charge on any atom is 0.308 e. The topological polar surface area (TPSA) is 72.5 Å². The third-order valence-electron chi connectivity index (χ3n) is 6.08. The number of benzene rings is 3. The number of nitrogens with one attached hydrogen (secondary N) is 1. The number of amides is 1. The number of carbonyl (C=O) groups excluding carboxylic acids is 3. The number of Topliss-reactive ketones (excluding diaryl/α,β-unsaturated/α-hetero) is 1. The lowest BCUT2D eigenvalue weighted by Crippen LogP contribution is -2.36. The molecule has 1 N–H and O–H groups in total. The zero-order valence-electron chi connectivity index (χ0n) is 19.4. The largest absolute Gasteiger partial charge is 0.466 e. The van der Waals surface area contributed by atoms with Crippen LogP contribution in [0.2, 0.25) is 0 Å². The summed E-state index contributed by atoms with van der Waals surface area (Å²) in [4.78, 5) is 38.2. The Morgan fingerprint density at radius 1 is 1.03 bits per heavy atom. The molecule has 0 unspecified atom stereocenters. The molecule has 174 valence electrons. The molecule has 1 atom stereocenters. The lowest BCUT2D eigenvalue weighted by Gasteiger charge is -2.21. The van der Waals surface area contributed by atoms with E-state index in [1.807, 2.05) is 31.2 Å². The maximum absolute atomic E-state index is 15.4. The number of esters is 1. The summed E-state index contributed by atoms with van der Waals surface area (Å²) in [7, 11) is 0. The molecule has 0 radical (unpaired) electrons. The Morgan fingerprint density at radius 3 is 2.56 bits per heavy atom. The van der Waals surface area contributed by atoms with Crippen LogP contribution in [0.5, 0.6) is 0 Å². The SMILES string of the molecule is CCOC(=O)C[C@@H]1NC(=O)C(=O)c2cccc(c2)Cc2cccc(C)c2-c2cc(C)c(F)c1c2. The summed E-state index contributed by atoms with van der Waals surface area (Å²) in [6.45, 7) is 5.46. The molecule has 34 heavy (non-hydrogen) atoms. The van der Waals surface area contributed by atoms with Crippen LogP contribution in [0, 0.1) is 19.7 Å². The highest BCUT2D eigenvalue weighted by Crippen LogP contribution is 2.35. The molecule has 1 amide bonds. The van der Waals surface area contributed by atoms with Crippen LogP contribution in [0.15, 0.2) is 54.6 Å². The molecule has 4 bridgehead atoms. The Morgan fingerprint density at radius 2 is 1.79 bits per heavy atom. The van der Waals surface area contributed by atoms with Gasteiger partial charge in [0, 0.05) is 11.1 Å². The van der Waals surface area contributed by atoms with Gasteiger partial charge in [-0.15, -0.1) is 0 Å². The van der Waals surface area contributed by atoms with Crippen LogP contribution >= 0.6 is 0 Å². The van der Waals surface area contributed by atoms with Crippen LogP contribution in [-0.4, -0.2) is 24.3 Å². The van der Waals surface area contributed by atoms with Gasteiger partial charge in [-0.2, -0.15) is 0 Å². The van der Waals surface area contributed by atoms with Gasteiger partial charge in [-0.1, -0.05) is 36.4 Å². The second-order valence-electron chi connectivity index (χ2n) is 8.55. The quantitative estimate of drug-likeness (QED) is 0.442. The monoisotopic (exact) mass is 459 g/mol. The highest BCUT2D eigenvalue weighted by atomic mass is 19.1. The van der Waals surface area contributed by atoms with Crippen LogP contribution in [0.25, 0.3) is 11.1 Å². The van der Waals surface area contributed by atoms with Crippen molar-refractivity contribution in [3.05, 3.63) is 93.8 Å². The van der Waals surface area contributed by atoms with Crippen molar-refractivity contribution in [2.45, 2.75) is 39.7 Å². The summed E-state index contributed by atoms with van der Waals surface area (Å²) >= 11 is 0. The highest BCUT2D eigenvalue weighted by molar-refractivity contribution is 6.42. The van der Waals surface area contributed by atoms with Gasteiger partial charge in [0.25, 0.3) is 5.91 Å². The second-order valence-corrected chi connectivity index (χ2v) is 8.55. The summed E-state index contributed by atoms with van der Waals surface area (Å²) in [5.74, 6) is -2.77. The third-order valence-corrected chi connectivity index (χ3v) is 6.08. The predicted octanol–water partition coefficient (Wildman–Crippen LogP) is 5.01. The highest BCUT2D eigenvalue weighted by Gasteiger charge is 2.28. The van der Waals surface area contributed by atoms with E-state index >= 15 is 4.39 Å². The normalized spacial score (nSPS) is 15.4. The number of hydrogen-bond acceptors (Lipinski definition) is 4. The van der Waals surface area contributed by atoms with E-state index in [0.29, 0.717) is 12.0 Å². The molecular weight excluding hydrogens is 433 g/mol. The molecule has 1 aliphatic rings. The van der Waals surface area contributed by atoms with Gasteiger partial charge in [-0.3, -0.25) is 14.4 Å². The summed E-state index contributed by atoms with van der Waals surface area (Å²) in [6.07, 6.45) is 0.241. The van der Waals surface area contributed by atoms with Gasteiger partial charge in [-0.25, -0.2) is 4.39 Å². The molecule has 1 aliphatic heterocycles. The minimum absolute atomic E-state index is 0.143. The number of carbonyl (C=O) groups is 3. The first-order valence-corrected chi connectivity index (χ1v) is 11.3. The van der Waals surface area contributed by atoms with Crippen molar-refractivity contribution < 1.29 is 23.5 Å². The van der Waals surface area contributed by atoms with E-state index in [0.717, 1.165) is 27.8 Å². The van der Waals surface area contributed by atoms with Crippen LogP contribution in [0.4, 0.5) is 4.39 Å². The van der Waals surface area contributed by atoms with Crippen LogP contribution < -0.4 is 5.32 Å². The van der Waals surface area contributed by atoms with Gasteiger partial charge in [-0.05, 0) is 78.8 Å². The van der Waals surface area contributed by atoms with Gasteiger partial charge in [0.1, 0.15) is 5.82 Å². The number of rotatable bonds is 3. The lowest BCUT2D eigenvalue weighted by molar-refractivity contribution is -0.143. The zero-order valence-corrected chi connectivity index (χ0v) is 19.4. The molecule has 0 fully saturated rings. The fourth-order valence-corrected chi connectivity index (χ4v) is 4.51. The van der Waals surface area contributed by atoms with Gasteiger partial charge < -0.3 is 10.1 Å². The first kappa shape index (κ1) is 23.4. The molecule has 3 aromatic carbocycles. The summed E-state index contributed by atoms with van der Waals surface area (Å²) in [5.41, 5.74) is 5.42. The smallest absolute Gasteiger partial charge is 0.308 e. The van der Waals surface area contributed by atoms with Crippen molar-refractivity contribution in [1.82, 2.24) is 5.32 Å². The zero-order chi connectivity index (χ0) is 24.4. The van der Waals surface area contributed by atoms with Gasteiger partial charge >= 0.3 is 5.97 Å². The third kappa shape index (κ3) is 4.62. The van der Waals surface area contributed by atoms with Crippen molar-refractivity contribution in [2.75, 3.05) is 6.61 Å². The molecule has 0 spiro atoms. The van der Waals surface area contributed by atoms with Crippen LogP contribution in [0.1, 0.15) is 57.6 Å². The Hall–Kier alpha value is -3.80. The van der Waals surface area contributed by atoms with Crippen LogP contribution in [0.3, 0.4) is 0 Å². The molecular formula is C28H26FNO4. The average molecular weight is 460 g/mol. The lowest BCUT2D eigenvalue weighted by atomic mass is 9.88. The van der Waals surface area contributed by atoms with Gasteiger partial charge in [0.2, 0.25) is 5.78 Å². The van der Waals surface area contributed by atoms with E-state index in [1.54, 1.807) is 44.2 Å². The van der Waals surface area contributed by atoms with E-state index in [9.17, 15) is 14.4 Å². The number of halogens is 1. The molecule has 0 aromatic heterocycles. The summed E-state index contributed by atoms with van der Waals surface area (Å²) in [6, 6.07) is 15.3. The van der Waals surface area contributed by atoms with E-state index in [-0.39, 0.29) is 24.2 Å². The fraction of sp³-hybridized carbons (Fsp3) is 0.250. The second kappa shape index (κ2) is 9.59. The minimum atomic E-state index is -1.06. The molecule has 0 aliphatic carbocycles. The molecule has 3 aromatic rings. The molecule has 0 saturated carbocycles. The summed E-state index contributed by atoms with van der Waals surface area (Å²) < 4.78 is 20.5. The van der Waals surface area contributed by atoms with E-state index in [1.165, 1.54) is 0 Å². The van der Waals surface area contributed by atoms with Crippen molar-refractivity contribution in [3.8, 4) is 11.1 Å². The van der Waals surface area contributed by atoms with Crippen molar-refractivity contribution in [3.63, 3.8) is 0 Å². The first-order valence-electron chi connectivity index (χ1n) is 11.3. The molecule has 0 saturated heterocycles. The molecule has 5 nitrogen and oxygen atoms in total. The van der Waals surface area contributed by atoms with Crippen molar-refractivity contribution in [1.29, 1.82) is 0 Å². The number of hydrogen-bond donors (Lipinski definition) is 1. The molecule has 4 rings (SSSR count). The van der Waals surface area contributed by atoms with Gasteiger partial charge in [0.15, 0.2) is 0 Å². The van der Waals surface area contributed by atoms with E-state index in [2.05, 4.69) is 5.32 Å². The predicted molar refractivity (Wildman–Crippen MR) is 127 cm³/mol. The number of fused-ring (bicyclic) bond motifs is 6. The number of ether oxygens (including phenoxy) is 1. The Balaban J connectivity index is 1.97. The first-order chi connectivity index (χ1) is 16.3. The minimum Gasteiger partial charge on any atom is -0.466 e. The molecule has 1 heterocycles. The number of ketones is 1. The Kier molecular flexibility index (Phi) is 6.59. The number of aryl methyl sites for hydroxylation is 2. The Bertz CT molecular complexity index is 1300. The molecule has 6 heteroatoms. The Labute approximate surface area is 198 Å². The van der Waals surface area contributed by atoms with E-state index < -0.39 is 29.5 Å². The average Bonchev–Trinajstić information content (AvgIpc) is 2.80. The standard InChI is InChI=1S/C28H26FNO4/c1-4-34-24(31)15-23-22-14-21(11-17(3)26(22)29)25-16(2)7-5-9-19(25)12-18-8-6-10-20(13-18)27(32)28(33)30-23/h5-11,13-14,23H,4,12,15H2,1-3H3,(H,30,33)/t23-/m0/s1.